The number of hydrogen-bond acceptors (Lipinski definition) is 4. The van der Waals surface area contributed by atoms with E-state index in [2.05, 4.69) is 58.4 Å². The molecule has 1 heterocycles. The van der Waals surface area contributed by atoms with Crippen LogP contribution in [0.15, 0.2) is 53.5 Å². The summed E-state index contributed by atoms with van der Waals surface area (Å²) in [6.45, 7) is 7.77. The molecule has 1 aliphatic rings. The summed E-state index contributed by atoms with van der Waals surface area (Å²) in [5.41, 5.74) is 4.22. The number of morpholine rings is 1. The molecular weight excluding hydrogens is 380 g/mol. The number of amides is 1. The molecule has 1 amide bonds. The van der Waals surface area contributed by atoms with E-state index in [-0.39, 0.29) is 6.10 Å². The summed E-state index contributed by atoms with van der Waals surface area (Å²) >= 11 is 0. The Morgan fingerprint density at radius 3 is 2.70 bits per heavy atom. The van der Waals surface area contributed by atoms with Gasteiger partial charge in [-0.05, 0) is 42.7 Å². The fourth-order valence-corrected chi connectivity index (χ4v) is 3.43. The topological polar surface area (TPSA) is 75.2 Å². The van der Waals surface area contributed by atoms with E-state index in [1.807, 2.05) is 24.3 Å². The predicted molar refractivity (Wildman–Crippen MR) is 119 cm³/mol. The van der Waals surface area contributed by atoms with Gasteiger partial charge in [-0.3, -0.25) is 5.32 Å². The maximum atomic E-state index is 11.3. The highest BCUT2D eigenvalue weighted by molar-refractivity contribution is 5.84. The Balaban J connectivity index is 1.68. The van der Waals surface area contributed by atoms with Crippen LogP contribution in [0.5, 0.6) is 0 Å². The number of hydrogen-bond donors (Lipinski definition) is 2. The molecule has 2 N–H and O–H groups in total. The molecule has 1 unspecified atom stereocenters. The number of aliphatic imine (C=N–C) groups is 1. The molecule has 1 aliphatic heterocycles. The molecule has 0 spiro atoms. The van der Waals surface area contributed by atoms with Crippen LogP contribution in [-0.2, 0) is 16.0 Å². The maximum Gasteiger partial charge on any atom is 0.411 e. The number of rotatable bonds is 5. The van der Waals surface area contributed by atoms with Crippen molar-refractivity contribution >= 4 is 17.7 Å². The van der Waals surface area contributed by atoms with Gasteiger partial charge in [-0.15, -0.1) is 0 Å². The summed E-state index contributed by atoms with van der Waals surface area (Å²) in [5, 5.41) is 6.05. The van der Waals surface area contributed by atoms with Crippen LogP contribution in [0.1, 0.15) is 29.7 Å². The van der Waals surface area contributed by atoms with Crippen molar-refractivity contribution in [3.8, 4) is 0 Å². The lowest BCUT2D eigenvalue weighted by Crippen LogP contribution is -2.48. The quantitative estimate of drug-likeness (QED) is 0.581. The van der Waals surface area contributed by atoms with Crippen molar-refractivity contribution in [3.05, 3.63) is 65.2 Å². The molecule has 0 aliphatic carbocycles. The van der Waals surface area contributed by atoms with Gasteiger partial charge in [0.05, 0.1) is 26.8 Å². The second-order valence-electron chi connectivity index (χ2n) is 7.15. The van der Waals surface area contributed by atoms with E-state index < -0.39 is 6.09 Å². The number of guanidine groups is 1. The molecule has 0 radical (unpaired) electrons. The van der Waals surface area contributed by atoms with E-state index in [0.29, 0.717) is 18.8 Å². The Bertz CT molecular complexity index is 867. The lowest BCUT2D eigenvalue weighted by atomic mass is 10.0. The zero-order valence-electron chi connectivity index (χ0n) is 17.9. The number of ether oxygens (including phenoxy) is 2. The van der Waals surface area contributed by atoms with Crippen LogP contribution in [0.25, 0.3) is 0 Å². The first-order chi connectivity index (χ1) is 14.6. The maximum absolute atomic E-state index is 11.3. The van der Waals surface area contributed by atoms with Crippen molar-refractivity contribution in [2.24, 2.45) is 4.99 Å². The largest absolute Gasteiger partial charge is 0.453 e. The number of anilines is 1. The van der Waals surface area contributed by atoms with E-state index in [9.17, 15) is 4.79 Å². The summed E-state index contributed by atoms with van der Waals surface area (Å²) in [7, 11) is 1.34. The van der Waals surface area contributed by atoms with Gasteiger partial charge in [-0.25, -0.2) is 9.79 Å². The van der Waals surface area contributed by atoms with Gasteiger partial charge in [0.2, 0.25) is 0 Å². The highest BCUT2D eigenvalue weighted by Gasteiger charge is 2.25. The summed E-state index contributed by atoms with van der Waals surface area (Å²) in [6, 6.07) is 16.0. The van der Waals surface area contributed by atoms with E-state index in [0.717, 1.165) is 31.2 Å². The van der Waals surface area contributed by atoms with E-state index in [4.69, 9.17) is 9.73 Å². The number of carbonyl (C=O) groups is 1. The molecule has 2 aromatic rings. The molecule has 0 aromatic heterocycles. The number of nitrogens with zero attached hydrogens (tertiary/aromatic N) is 2. The van der Waals surface area contributed by atoms with Gasteiger partial charge in [0.1, 0.15) is 6.10 Å². The molecule has 0 saturated carbocycles. The molecule has 0 bridgehead atoms. The van der Waals surface area contributed by atoms with Crippen molar-refractivity contribution in [2.75, 3.05) is 38.7 Å². The van der Waals surface area contributed by atoms with Gasteiger partial charge < -0.3 is 19.7 Å². The molecule has 1 fully saturated rings. The highest BCUT2D eigenvalue weighted by Crippen LogP contribution is 2.25. The molecule has 3 rings (SSSR count). The first kappa shape index (κ1) is 21.6. The molecule has 160 valence electrons. The van der Waals surface area contributed by atoms with Gasteiger partial charge in [-0.1, -0.05) is 36.4 Å². The third-order valence-electron chi connectivity index (χ3n) is 5.03. The lowest BCUT2D eigenvalue weighted by molar-refractivity contribution is -0.00834. The molecule has 7 nitrogen and oxygen atoms in total. The molecule has 1 saturated heterocycles. The summed E-state index contributed by atoms with van der Waals surface area (Å²) in [6.07, 6.45) is -0.446. The number of nitrogens with one attached hydrogen (secondary N) is 2. The third-order valence-corrected chi connectivity index (χ3v) is 5.03. The first-order valence-electron chi connectivity index (χ1n) is 10.2. The minimum Gasteiger partial charge on any atom is -0.453 e. The smallest absolute Gasteiger partial charge is 0.411 e. The van der Waals surface area contributed by atoms with Crippen molar-refractivity contribution < 1.29 is 14.3 Å². The Kier molecular flexibility index (Phi) is 7.68. The van der Waals surface area contributed by atoms with Crippen molar-refractivity contribution in [1.29, 1.82) is 0 Å². The Morgan fingerprint density at radius 1 is 1.23 bits per heavy atom. The number of aryl methyl sites for hydroxylation is 1. The van der Waals surface area contributed by atoms with Crippen molar-refractivity contribution in [1.82, 2.24) is 10.2 Å². The number of methoxy groups -OCH3 is 1. The summed E-state index contributed by atoms with van der Waals surface area (Å²) in [5.74, 6) is 0.885. The van der Waals surface area contributed by atoms with E-state index in [1.54, 1.807) is 0 Å². The standard InChI is InChI=1S/C23H30N4O3/c1-4-24-22(25-15-18-9-11-19(12-10-18)26-23(28)29-3)27-13-14-30-21(16-27)20-8-6-5-7-17(20)2/h5-12,21H,4,13-16H2,1-3H3,(H,24,25)(H,26,28). The molecule has 1 atom stereocenters. The number of benzene rings is 2. The Hall–Kier alpha value is -3.06. The van der Waals surface area contributed by atoms with Gasteiger partial charge in [0.15, 0.2) is 5.96 Å². The fourth-order valence-electron chi connectivity index (χ4n) is 3.43. The van der Waals surface area contributed by atoms with Gasteiger partial charge >= 0.3 is 6.09 Å². The summed E-state index contributed by atoms with van der Waals surface area (Å²) in [4.78, 5) is 18.4. The minimum atomic E-state index is -0.481. The SMILES string of the molecule is CCNC(=NCc1ccc(NC(=O)OC)cc1)N1CCOC(c2ccccc2C)C1. The second kappa shape index (κ2) is 10.6. The van der Waals surface area contributed by atoms with Crippen LogP contribution in [-0.4, -0.2) is 50.3 Å². The third kappa shape index (κ3) is 5.73. The fraction of sp³-hybridized carbons (Fsp3) is 0.391. The predicted octanol–water partition coefficient (Wildman–Crippen LogP) is 3.71. The van der Waals surface area contributed by atoms with E-state index >= 15 is 0 Å². The number of carbonyl (C=O) groups excluding carboxylic acids is 1. The van der Waals surface area contributed by atoms with Gasteiger partial charge in [0, 0.05) is 18.8 Å². The normalized spacial score (nSPS) is 16.8. The van der Waals surface area contributed by atoms with Crippen molar-refractivity contribution in [3.63, 3.8) is 0 Å². The van der Waals surface area contributed by atoms with Crippen LogP contribution in [0.3, 0.4) is 0 Å². The van der Waals surface area contributed by atoms with Crippen molar-refractivity contribution in [2.45, 2.75) is 26.5 Å². The molecule has 2 aromatic carbocycles. The van der Waals surface area contributed by atoms with E-state index in [1.165, 1.54) is 18.2 Å². The Morgan fingerprint density at radius 2 is 2.00 bits per heavy atom. The average Bonchev–Trinajstić information content (AvgIpc) is 2.78. The lowest BCUT2D eigenvalue weighted by Gasteiger charge is -2.35. The average molecular weight is 411 g/mol. The van der Waals surface area contributed by atoms with Crippen LogP contribution >= 0.6 is 0 Å². The highest BCUT2D eigenvalue weighted by atomic mass is 16.5. The van der Waals surface area contributed by atoms with Crippen LogP contribution in [0, 0.1) is 6.92 Å². The van der Waals surface area contributed by atoms with Crippen LogP contribution in [0.2, 0.25) is 0 Å². The molecular formula is C23H30N4O3. The second-order valence-corrected chi connectivity index (χ2v) is 7.15. The summed E-state index contributed by atoms with van der Waals surface area (Å²) < 4.78 is 10.7. The first-order valence-corrected chi connectivity index (χ1v) is 10.2. The Labute approximate surface area is 178 Å². The monoisotopic (exact) mass is 410 g/mol. The van der Waals surface area contributed by atoms with Gasteiger partial charge in [0.25, 0.3) is 0 Å². The van der Waals surface area contributed by atoms with Crippen LogP contribution < -0.4 is 10.6 Å². The van der Waals surface area contributed by atoms with Gasteiger partial charge in [-0.2, -0.15) is 0 Å². The zero-order chi connectivity index (χ0) is 21.3. The van der Waals surface area contributed by atoms with Crippen LogP contribution in [0.4, 0.5) is 10.5 Å². The minimum absolute atomic E-state index is 0.0347. The zero-order valence-corrected chi connectivity index (χ0v) is 17.9. The molecule has 7 heteroatoms. The molecule has 30 heavy (non-hydrogen) atoms.